The van der Waals surface area contributed by atoms with E-state index in [2.05, 4.69) is 26.6 Å². The van der Waals surface area contributed by atoms with Gasteiger partial charge in [-0.2, -0.15) is 9.59 Å². The van der Waals surface area contributed by atoms with Gasteiger partial charge in [-0.3, -0.25) is 9.69 Å². The van der Waals surface area contributed by atoms with Gasteiger partial charge in [0.2, 0.25) is 0 Å². The van der Waals surface area contributed by atoms with Gasteiger partial charge in [0, 0.05) is 49.7 Å². The van der Waals surface area contributed by atoms with E-state index in [9.17, 15) is 23.8 Å². The van der Waals surface area contributed by atoms with Crippen molar-refractivity contribution >= 4 is 53.4 Å². The third kappa shape index (κ3) is 20.2. The Morgan fingerprint density at radius 2 is 1.15 bits per heavy atom. The van der Waals surface area contributed by atoms with Gasteiger partial charge in [0.1, 0.15) is 17.2 Å². The van der Waals surface area contributed by atoms with Gasteiger partial charge in [-0.15, -0.1) is 0 Å². The Labute approximate surface area is 462 Å². The van der Waals surface area contributed by atoms with Crippen LogP contribution in [0, 0.1) is 11.8 Å². The molecule has 0 saturated carbocycles. The van der Waals surface area contributed by atoms with Crippen molar-refractivity contribution in [2.24, 2.45) is 5.73 Å². The molecule has 16 nitrogen and oxygen atoms in total. The number of aliphatic hydroxyl groups excluding tert-OH is 1. The molecule has 2 heterocycles. The van der Waals surface area contributed by atoms with Crippen molar-refractivity contribution in [3.05, 3.63) is 192 Å². The molecule has 5 N–H and O–H groups in total. The van der Waals surface area contributed by atoms with Crippen LogP contribution in [0.1, 0.15) is 72.1 Å². The van der Waals surface area contributed by atoms with E-state index in [0.717, 1.165) is 43.8 Å². The Morgan fingerprint density at radius 1 is 0.696 bits per heavy atom. The third-order valence-electron chi connectivity index (χ3n) is 11.2. The van der Waals surface area contributed by atoms with Crippen LogP contribution in [0.5, 0.6) is 11.5 Å². The predicted molar refractivity (Wildman–Crippen MR) is 305 cm³/mol. The Kier molecular flexibility index (Phi) is 28.3. The fourth-order valence-electron chi connectivity index (χ4n) is 7.85. The van der Waals surface area contributed by atoms with Crippen molar-refractivity contribution in [2.75, 3.05) is 19.8 Å². The summed E-state index contributed by atoms with van der Waals surface area (Å²) in [5, 5.41) is 15.4. The van der Waals surface area contributed by atoms with Crippen LogP contribution in [0.25, 0.3) is 32.7 Å². The zero-order valence-electron chi connectivity index (χ0n) is 44.5. The van der Waals surface area contributed by atoms with E-state index < -0.39 is 26.1 Å². The molecule has 7 aromatic carbocycles. The van der Waals surface area contributed by atoms with Gasteiger partial charge in [0.25, 0.3) is 5.91 Å². The normalized spacial score (nSPS) is 13.4. The monoisotopic (exact) mass is 1100 g/mol. The van der Waals surface area contributed by atoms with Crippen molar-refractivity contribution in [3.8, 4) is 34.5 Å². The predicted octanol–water partition coefficient (Wildman–Crippen LogP) is 11.1. The lowest BCUT2D eigenvalue weighted by atomic mass is 9.92. The van der Waals surface area contributed by atoms with Gasteiger partial charge >= 0.3 is 25.9 Å². The van der Waals surface area contributed by atoms with E-state index in [0.29, 0.717) is 62.0 Å². The molecule has 0 fully saturated rings. The van der Waals surface area contributed by atoms with E-state index >= 15 is 0 Å². The number of fused-ring (bicyclic) bond motifs is 7. The second kappa shape index (κ2) is 34.4. The van der Waals surface area contributed by atoms with Gasteiger partial charge < -0.3 is 44.3 Å². The second-order valence-electron chi connectivity index (χ2n) is 16.6. The number of ether oxygens (including phenoxy) is 3. The average molecular weight is 1100 g/mol. The van der Waals surface area contributed by atoms with Crippen LogP contribution in [0.2, 0.25) is 0 Å². The summed E-state index contributed by atoms with van der Waals surface area (Å²) < 4.78 is 37.4. The Hall–Kier alpha value is -8.38. The minimum absolute atomic E-state index is 0. The number of amides is 1. The van der Waals surface area contributed by atoms with Gasteiger partial charge in [-0.05, 0) is 85.0 Å². The van der Waals surface area contributed by atoms with Crippen LogP contribution in [0.4, 0.5) is 0 Å². The summed E-state index contributed by atoms with van der Waals surface area (Å²) in [6.45, 7) is 13.5. The van der Waals surface area contributed by atoms with Crippen molar-refractivity contribution in [1.29, 1.82) is 0 Å². The number of hydrogen-bond acceptors (Lipinski definition) is 14. The molecular formula is C62H70N3O13P. The number of carbonyl (C=O) groups excluding carboxylic acids is 5. The molecule has 79 heavy (non-hydrogen) atoms. The fourth-order valence-corrected chi connectivity index (χ4v) is 8.69. The number of hydrogen-bond donors (Lipinski definition) is 4. The number of aliphatic hydroxyl groups is 1. The number of nitrogens with zero attached hydrogens (tertiary/aromatic N) is 1. The summed E-state index contributed by atoms with van der Waals surface area (Å²) in [5.41, 5.74) is 10.9. The SMILES string of the molecule is C.CCC#CC(=O)OCC.CCOC(=O)C1=C(NCc2ccccc2)C(=O)N(Cc2ccccc2)C1C.CCOC(C)O.NCc1ccccc1.O=C=O.O=P1(O)Oc2ccc3ccccc3c2-c2c(ccc3ccccc23)O1. The van der Waals surface area contributed by atoms with Crippen molar-refractivity contribution in [3.63, 3.8) is 0 Å². The fraction of sp³-hybridized carbons (Fsp3) is 0.258. The third-order valence-corrected chi connectivity index (χ3v) is 12.1. The number of nitrogens with one attached hydrogen (secondary N) is 1. The van der Waals surface area contributed by atoms with Crippen molar-refractivity contribution < 1.29 is 61.8 Å². The molecule has 0 radical (unpaired) electrons. The van der Waals surface area contributed by atoms with Gasteiger partial charge in [-0.1, -0.05) is 172 Å². The van der Waals surface area contributed by atoms with Crippen LogP contribution in [-0.4, -0.2) is 71.0 Å². The molecule has 0 aliphatic carbocycles. The highest BCUT2D eigenvalue weighted by molar-refractivity contribution is 7.48. The zero-order chi connectivity index (χ0) is 56.9. The summed E-state index contributed by atoms with van der Waals surface area (Å²) in [5.74, 6) is 4.58. The lowest BCUT2D eigenvalue weighted by Crippen LogP contribution is -2.35. The highest BCUT2D eigenvalue weighted by Gasteiger charge is 2.41. The van der Waals surface area contributed by atoms with Gasteiger partial charge in [0.05, 0.1) is 24.8 Å². The number of phosphoric acid groups is 1. The molecule has 7 aromatic rings. The van der Waals surface area contributed by atoms with Crippen LogP contribution in [0.15, 0.2) is 175 Å². The highest BCUT2D eigenvalue weighted by atomic mass is 31.2. The maximum atomic E-state index is 13.1. The molecule has 2 atom stereocenters. The molecule has 9 rings (SSSR count). The first-order chi connectivity index (χ1) is 37.7. The first kappa shape index (κ1) is 64.9. The quantitative estimate of drug-likeness (QED) is 0.0310. The summed E-state index contributed by atoms with van der Waals surface area (Å²) in [6, 6.07) is 52.2. The van der Waals surface area contributed by atoms with E-state index in [1.807, 2.05) is 172 Å². The maximum absolute atomic E-state index is 13.1. The number of benzene rings is 7. The number of nitrogens with two attached hydrogens (primary N) is 1. The number of carbonyl (C=O) groups is 3. The van der Waals surface area contributed by atoms with E-state index in [1.165, 1.54) is 5.56 Å². The average Bonchev–Trinajstić information content (AvgIpc) is 3.59. The smallest absolute Gasteiger partial charge is 0.463 e. The first-order valence-electron chi connectivity index (χ1n) is 25.1. The van der Waals surface area contributed by atoms with Crippen molar-refractivity contribution in [2.45, 2.75) is 87.4 Å². The largest absolute Gasteiger partial charge is 0.584 e. The zero-order valence-corrected chi connectivity index (χ0v) is 45.4. The molecule has 0 spiro atoms. The molecule has 2 aliphatic rings. The first-order valence-corrected chi connectivity index (χ1v) is 26.6. The number of esters is 2. The van der Waals surface area contributed by atoms with Gasteiger partial charge in [0.15, 0.2) is 6.29 Å². The lowest BCUT2D eigenvalue weighted by molar-refractivity contribution is -0.191. The summed E-state index contributed by atoms with van der Waals surface area (Å²) in [6.07, 6.45) is 0.341. The van der Waals surface area contributed by atoms with Crippen LogP contribution in [-0.2, 0) is 62.4 Å². The molecule has 17 heteroatoms. The minimum atomic E-state index is -4.25. The van der Waals surface area contributed by atoms with E-state index in [1.54, 1.807) is 37.8 Å². The molecular weight excluding hydrogens is 1030 g/mol. The molecule has 2 unspecified atom stereocenters. The van der Waals surface area contributed by atoms with Crippen molar-refractivity contribution in [1.82, 2.24) is 10.2 Å². The Morgan fingerprint density at radius 3 is 1.57 bits per heavy atom. The molecule has 1 amide bonds. The molecule has 416 valence electrons. The topological polar surface area (TPSA) is 230 Å². The summed E-state index contributed by atoms with van der Waals surface area (Å²) >= 11 is 0. The summed E-state index contributed by atoms with van der Waals surface area (Å²) in [4.78, 5) is 64.0. The van der Waals surface area contributed by atoms with E-state index in [4.69, 9.17) is 34.2 Å². The van der Waals surface area contributed by atoms with Crippen LogP contribution < -0.4 is 20.1 Å². The molecule has 0 saturated heterocycles. The second-order valence-corrected chi connectivity index (χ2v) is 17.9. The van der Waals surface area contributed by atoms with Gasteiger partial charge in [-0.25, -0.2) is 14.2 Å². The van der Waals surface area contributed by atoms with Crippen LogP contribution in [0.3, 0.4) is 0 Å². The maximum Gasteiger partial charge on any atom is 0.584 e. The number of rotatable bonds is 11. The number of phosphoric ester groups is 1. The molecule has 0 bridgehead atoms. The summed E-state index contributed by atoms with van der Waals surface area (Å²) in [7, 11) is -4.25. The highest BCUT2D eigenvalue weighted by Crippen LogP contribution is 2.56. The standard InChI is InChI=1S/C22H24N2O3.C20H13O4P.C7H9N.C7H10O2.C4H10O2.CO2.CH4/c1-3-27-22(26)19-16(2)24(15-18-12-8-5-9-13-18)21(25)20(19)23-14-17-10-6-4-7-11-17;21-25(22)23-17-11-9-13-5-1-3-7-15(13)19(17)20-16-8-4-2-6-14(16)10-12-18(20)24-25;8-6-7-4-2-1-3-5-7;1-3-5-6-7(8)9-4-2;1-3-6-4(2)5;2-1-3;/h4-13,16,23H,3,14-15H2,1-2H3;1-12H,(H,21,22);1-5H,6,8H2;3-4H2,1-2H3;4-5H,3H2,1-2H3;;1H4. The minimum Gasteiger partial charge on any atom is -0.463 e. The van der Waals surface area contributed by atoms with E-state index in [-0.39, 0.29) is 32.1 Å². The van der Waals surface area contributed by atoms with Crippen LogP contribution >= 0.6 is 7.82 Å². The molecule has 0 aromatic heterocycles. The Balaban J connectivity index is 0.000000287. The lowest BCUT2D eigenvalue weighted by Gasteiger charge is -2.23. The Bertz CT molecular complexity index is 3120. The molecule has 2 aliphatic heterocycles.